The number of carbonyl (C=O) groups is 2. The third-order valence-corrected chi connectivity index (χ3v) is 4.14. The molecule has 0 aliphatic carbocycles. The normalized spacial score (nSPS) is 10.3. The first kappa shape index (κ1) is 18.9. The molecule has 3 rings (SSSR count). The van der Waals surface area contributed by atoms with Crippen molar-refractivity contribution >= 4 is 23.4 Å². The van der Waals surface area contributed by atoms with Crippen LogP contribution >= 0.6 is 0 Å². The molecule has 0 aliphatic heterocycles. The molecule has 142 valence electrons. The Kier molecular flexibility index (Phi) is 5.86. The summed E-state index contributed by atoms with van der Waals surface area (Å²) in [4.78, 5) is 29.4. The molecule has 0 aliphatic rings. The van der Waals surface area contributed by atoms with E-state index in [4.69, 9.17) is 16.2 Å². The maximum Gasteiger partial charge on any atom is 0.415 e. The Morgan fingerprint density at radius 1 is 0.929 bits per heavy atom. The van der Waals surface area contributed by atoms with Crippen LogP contribution in [-0.2, 0) is 17.9 Å². The third-order valence-electron chi connectivity index (χ3n) is 4.14. The average Bonchev–Trinajstić information content (AvgIpc) is 2.72. The van der Waals surface area contributed by atoms with Crippen LogP contribution < -0.4 is 16.4 Å². The van der Waals surface area contributed by atoms with Gasteiger partial charge in [0.1, 0.15) is 6.61 Å². The maximum absolute atomic E-state index is 12.8. The molecule has 3 aromatic rings. The summed E-state index contributed by atoms with van der Waals surface area (Å²) in [6, 6.07) is 17.3. The van der Waals surface area contributed by atoms with Crippen LogP contribution in [0.1, 0.15) is 21.5 Å². The second-order valence-electron chi connectivity index (χ2n) is 6.12. The summed E-state index contributed by atoms with van der Waals surface area (Å²) in [5, 5.41) is 0. The van der Waals surface area contributed by atoms with E-state index in [2.05, 4.69) is 4.98 Å². The summed E-state index contributed by atoms with van der Waals surface area (Å²) < 4.78 is 5.46. The molecular formula is C21H20N4O3. The van der Waals surface area contributed by atoms with Crippen molar-refractivity contribution in [3.63, 3.8) is 0 Å². The van der Waals surface area contributed by atoms with E-state index in [0.29, 0.717) is 16.9 Å². The lowest BCUT2D eigenvalue weighted by molar-refractivity contribution is 0.1000. The molecule has 2 amide bonds. The number of carbonyl (C=O) groups excluding carboxylic acids is 2. The van der Waals surface area contributed by atoms with Crippen molar-refractivity contribution in [2.75, 3.05) is 10.6 Å². The van der Waals surface area contributed by atoms with Gasteiger partial charge in [0.05, 0.1) is 17.9 Å². The standard InChI is InChI=1S/C21H20N4O3/c22-18-3-1-2-4-19(18)25(13-15-5-7-17(8-6-15)20(23)26)21(27)28-14-16-9-11-24-12-10-16/h1-12H,13-14,22H2,(H2,23,26). The topological polar surface area (TPSA) is 112 Å². The predicted octanol–water partition coefficient (Wildman–Crippen LogP) is 3.11. The summed E-state index contributed by atoms with van der Waals surface area (Å²) in [7, 11) is 0. The number of rotatable bonds is 6. The summed E-state index contributed by atoms with van der Waals surface area (Å²) in [6.45, 7) is 0.341. The highest BCUT2D eigenvalue weighted by molar-refractivity contribution is 5.93. The zero-order chi connectivity index (χ0) is 19.9. The number of hydrogen-bond donors (Lipinski definition) is 2. The molecule has 0 saturated carbocycles. The van der Waals surface area contributed by atoms with Crippen LogP contribution in [-0.4, -0.2) is 17.0 Å². The fourth-order valence-electron chi connectivity index (χ4n) is 2.64. The Hall–Kier alpha value is -3.87. The lowest BCUT2D eigenvalue weighted by Gasteiger charge is -2.24. The van der Waals surface area contributed by atoms with Crippen molar-refractivity contribution in [3.8, 4) is 0 Å². The Bertz CT molecular complexity index is 959. The number of pyridine rings is 1. The van der Waals surface area contributed by atoms with Gasteiger partial charge in [0.25, 0.3) is 0 Å². The number of para-hydroxylation sites is 2. The minimum Gasteiger partial charge on any atom is -0.444 e. The fraction of sp³-hybridized carbons (Fsp3) is 0.0952. The molecule has 0 bridgehead atoms. The molecule has 1 aromatic heterocycles. The number of nitrogens with two attached hydrogens (primary N) is 2. The van der Waals surface area contributed by atoms with E-state index >= 15 is 0 Å². The van der Waals surface area contributed by atoms with Crippen LogP contribution in [0, 0.1) is 0 Å². The second-order valence-corrected chi connectivity index (χ2v) is 6.12. The smallest absolute Gasteiger partial charge is 0.415 e. The van der Waals surface area contributed by atoms with Crippen molar-refractivity contribution in [2.24, 2.45) is 5.73 Å². The lowest BCUT2D eigenvalue weighted by Crippen LogP contribution is -2.31. The van der Waals surface area contributed by atoms with Crippen LogP contribution in [0.2, 0.25) is 0 Å². The minimum atomic E-state index is -0.534. The SMILES string of the molecule is NC(=O)c1ccc(CN(C(=O)OCc2ccncc2)c2ccccc2N)cc1. The number of amides is 2. The highest BCUT2D eigenvalue weighted by Crippen LogP contribution is 2.25. The first-order valence-electron chi connectivity index (χ1n) is 8.61. The molecule has 0 radical (unpaired) electrons. The Morgan fingerprint density at radius 2 is 1.61 bits per heavy atom. The van der Waals surface area contributed by atoms with Crippen molar-refractivity contribution < 1.29 is 14.3 Å². The largest absolute Gasteiger partial charge is 0.444 e. The Morgan fingerprint density at radius 3 is 2.25 bits per heavy atom. The summed E-state index contributed by atoms with van der Waals surface area (Å²) in [6.07, 6.45) is 2.74. The van der Waals surface area contributed by atoms with Gasteiger partial charge in [-0.15, -0.1) is 0 Å². The van der Waals surface area contributed by atoms with Crippen LogP contribution in [0.4, 0.5) is 16.2 Å². The van der Waals surface area contributed by atoms with E-state index in [9.17, 15) is 9.59 Å². The van der Waals surface area contributed by atoms with E-state index < -0.39 is 12.0 Å². The molecule has 0 unspecified atom stereocenters. The minimum absolute atomic E-state index is 0.116. The van der Waals surface area contributed by atoms with E-state index in [1.54, 1.807) is 73.1 Å². The average molecular weight is 376 g/mol. The first-order chi connectivity index (χ1) is 13.5. The molecule has 28 heavy (non-hydrogen) atoms. The van der Waals surface area contributed by atoms with Crippen LogP contribution in [0.25, 0.3) is 0 Å². The zero-order valence-electron chi connectivity index (χ0n) is 15.1. The van der Waals surface area contributed by atoms with E-state index in [1.165, 1.54) is 4.90 Å². The number of primary amides is 1. The second kappa shape index (κ2) is 8.68. The highest BCUT2D eigenvalue weighted by atomic mass is 16.6. The number of benzene rings is 2. The number of nitrogen functional groups attached to an aromatic ring is 1. The third kappa shape index (κ3) is 4.64. The van der Waals surface area contributed by atoms with Gasteiger partial charge in [-0.3, -0.25) is 14.7 Å². The van der Waals surface area contributed by atoms with Gasteiger partial charge in [-0.05, 0) is 47.5 Å². The van der Waals surface area contributed by atoms with Gasteiger partial charge in [0, 0.05) is 18.0 Å². The van der Waals surface area contributed by atoms with Crippen molar-refractivity contribution in [2.45, 2.75) is 13.2 Å². The van der Waals surface area contributed by atoms with Gasteiger partial charge < -0.3 is 16.2 Å². The molecule has 7 nitrogen and oxygen atoms in total. The number of aromatic nitrogens is 1. The van der Waals surface area contributed by atoms with Crippen molar-refractivity contribution in [1.82, 2.24) is 4.98 Å². The lowest BCUT2D eigenvalue weighted by atomic mass is 10.1. The van der Waals surface area contributed by atoms with Gasteiger partial charge in [0.15, 0.2) is 0 Å². The van der Waals surface area contributed by atoms with Gasteiger partial charge >= 0.3 is 6.09 Å². The van der Waals surface area contributed by atoms with Crippen molar-refractivity contribution in [3.05, 3.63) is 89.7 Å². The van der Waals surface area contributed by atoms with E-state index in [-0.39, 0.29) is 13.2 Å². The van der Waals surface area contributed by atoms with Gasteiger partial charge in [-0.1, -0.05) is 24.3 Å². The van der Waals surface area contributed by atoms with Crippen LogP contribution in [0.15, 0.2) is 73.1 Å². The number of hydrogen-bond acceptors (Lipinski definition) is 5. The van der Waals surface area contributed by atoms with Gasteiger partial charge in [-0.2, -0.15) is 0 Å². The summed E-state index contributed by atoms with van der Waals surface area (Å²) >= 11 is 0. The zero-order valence-corrected chi connectivity index (χ0v) is 15.1. The molecule has 1 heterocycles. The van der Waals surface area contributed by atoms with Gasteiger partial charge in [0.2, 0.25) is 5.91 Å². The number of ether oxygens (including phenoxy) is 1. The summed E-state index contributed by atoms with van der Waals surface area (Å²) in [5.41, 5.74) is 14.4. The number of nitrogens with zero attached hydrogens (tertiary/aromatic N) is 2. The van der Waals surface area contributed by atoms with Crippen molar-refractivity contribution in [1.29, 1.82) is 0 Å². The van der Waals surface area contributed by atoms with Gasteiger partial charge in [-0.25, -0.2) is 4.79 Å². The molecule has 4 N–H and O–H groups in total. The molecule has 0 atom stereocenters. The molecule has 0 fully saturated rings. The van der Waals surface area contributed by atoms with E-state index in [1.807, 2.05) is 0 Å². The molecule has 7 heteroatoms. The molecule has 2 aromatic carbocycles. The van der Waals surface area contributed by atoms with Crippen LogP contribution in [0.3, 0.4) is 0 Å². The highest BCUT2D eigenvalue weighted by Gasteiger charge is 2.20. The van der Waals surface area contributed by atoms with Crippen LogP contribution in [0.5, 0.6) is 0 Å². The quantitative estimate of drug-likeness (QED) is 0.642. The number of anilines is 2. The maximum atomic E-state index is 12.8. The molecule has 0 spiro atoms. The predicted molar refractivity (Wildman–Crippen MR) is 106 cm³/mol. The molecular weight excluding hydrogens is 356 g/mol. The first-order valence-corrected chi connectivity index (χ1v) is 8.61. The van der Waals surface area contributed by atoms with E-state index in [0.717, 1.165) is 11.1 Å². The Labute approximate surface area is 162 Å². The summed E-state index contributed by atoms with van der Waals surface area (Å²) in [5.74, 6) is -0.507. The monoisotopic (exact) mass is 376 g/mol. The fourth-order valence-corrected chi connectivity index (χ4v) is 2.64. The Balaban J connectivity index is 1.81. The molecule has 0 saturated heterocycles.